The molecule has 5 nitrogen and oxygen atoms in total. The zero-order valence-electron chi connectivity index (χ0n) is 17.7. The second-order valence-electron chi connectivity index (χ2n) is 8.29. The zero-order valence-corrected chi connectivity index (χ0v) is 20.0. The highest BCUT2D eigenvalue weighted by Crippen LogP contribution is 2.48. The summed E-state index contributed by atoms with van der Waals surface area (Å²) in [6.07, 6.45) is 6.03. The summed E-state index contributed by atoms with van der Waals surface area (Å²) in [7, 11) is 1.79. The Bertz CT molecular complexity index is 858. The van der Waals surface area contributed by atoms with Gasteiger partial charge in [-0.3, -0.25) is 4.99 Å². The van der Waals surface area contributed by atoms with Gasteiger partial charge in [0.25, 0.3) is 0 Å². The van der Waals surface area contributed by atoms with Crippen molar-refractivity contribution in [3.8, 4) is 0 Å². The molecule has 0 bridgehead atoms. The van der Waals surface area contributed by atoms with Gasteiger partial charge in [-0.1, -0.05) is 24.3 Å². The van der Waals surface area contributed by atoms with E-state index in [1.807, 2.05) is 18.3 Å². The van der Waals surface area contributed by atoms with Crippen molar-refractivity contribution in [2.24, 2.45) is 4.99 Å². The van der Waals surface area contributed by atoms with Crippen molar-refractivity contribution in [1.29, 1.82) is 0 Å². The Morgan fingerprint density at radius 3 is 2.53 bits per heavy atom. The first-order chi connectivity index (χ1) is 14.1. The molecule has 1 aromatic carbocycles. The molecule has 162 valence electrons. The lowest BCUT2D eigenvalue weighted by Gasteiger charge is -2.34. The second kappa shape index (κ2) is 9.94. The third kappa shape index (κ3) is 5.22. The number of aromatic nitrogens is 1. The van der Waals surface area contributed by atoms with E-state index < -0.39 is 0 Å². The molecular weight excluding hydrogens is 492 g/mol. The molecule has 2 aromatic rings. The number of rotatable bonds is 5. The summed E-state index contributed by atoms with van der Waals surface area (Å²) in [6, 6.07) is 11.7. The van der Waals surface area contributed by atoms with Crippen molar-refractivity contribution in [2.45, 2.75) is 44.1 Å². The van der Waals surface area contributed by atoms with E-state index in [1.165, 1.54) is 5.56 Å². The molecule has 30 heavy (non-hydrogen) atoms. The van der Waals surface area contributed by atoms with Gasteiger partial charge in [0, 0.05) is 44.3 Å². The van der Waals surface area contributed by atoms with Crippen molar-refractivity contribution in [1.82, 2.24) is 15.6 Å². The van der Waals surface area contributed by atoms with Crippen LogP contribution in [-0.2, 0) is 5.41 Å². The Morgan fingerprint density at radius 2 is 1.93 bits per heavy atom. The number of benzene rings is 1. The number of aryl methyl sites for hydroxylation is 1. The van der Waals surface area contributed by atoms with Crippen molar-refractivity contribution in [3.63, 3.8) is 0 Å². The van der Waals surface area contributed by atoms with Gasteiger partial charge in [-0.2, -0.15) is 0 Å². The lowest BCUT2D eigenvalue weighted by atomic mass is 9.95. The van der Waals surface area contributed by atoms with E-state index in [1.54, 1.807) is 19.2 Å². The van der Waals surface area contributed by atoms with Crippen LogP contribution in [0, 0.1) is 12.7 Å². The third-order valence-electron chi connectivity index (χ3n) is 6.17. The topological polar surface area (TPSA) is 52.6 Å². The fraction of sp³-hybridized carbons (Fsp3) is 0.478. The maximum atomic E-state index is 14.2. The summed E-state index contributed by atoms with van der Waals surface area (Å²) < 4.78 is 14.2. The van der Waals surface area contributed by atoms with Crippen LogP contribution in [0.4, 0.5) is 10.2 Å². The molecule has 1 saturated carbocycles. The van der Waals surface area contributed by atoms with Crippen molar-refractivity contribution < 1.29 is 4.39 Å². The van der Waals surface area contributed by atoms with Crippen LogP contribution in [0.2, 0.25) is 0 Å². The highest BCUT2D eigenvalue weighted by atomic mass is 127. The lowest BCUT2D eigenvalue weighted by Crippen LogP contribution is -2.50. The van der Waals surface area contributed by atoms with E-state index in [2.05, 4.69) is 44.6 Å². The Balaban J connectivity index is 0.00000256. The second-order valence-corrected chi connectivity index (χ2v) is 8.29. The molecule has 1 aliphatic heterocycles. The number of guanidine groups is 1. The summed E-state index contributed by atoms with van der Waals surface area (Å²) >= 11 is 0. The van der Waals surface area contributed by atoms with Crippen LogP contribution < -0.4 is 15.5 Å². The van der Waals surface area contributed by atoms with Crippen LogP contribution in [0.5, 0.6) is 0 Å². The van der Waals surface area contributed by atoms with Gasteiger partial charge in [0.1, 0.15) is 11.6 Å². The fourth-order valence-corrected chi connectivity index (χ4v) is 4.12. The first-order valence-electron chi connectivity index (χ1n) is 10.5. The highest BCUT2D eigenvalue weighted by Gasteiger charge is 2.45. The lowest BCUT2D eigenvalue weighted by molar-refractivity contribution is 0.457. The van der Waals surface area contributed by atoms with Crippen molar-refractivity contribution in [2.75, 3.05) is 31.6 Å². The number of hydrogen-bond acceptors (Lipinski definition) is 3. The smallest absolute Gasteiger partial charge is 0.191 e. The predicted molar refractivity (Wildman–Crippen MR) is 131 cm³/mol. The van der Waals surface area contributed by atoms with Crippen LogP contribution in [0.1, 0.15) is 36.8 Å². The average molecular weight is 523 g/mol. The summed E-state index contributed by atoms with van der Waals surface area (Å²) in [5, 5.41) is 6.99. The van der Waals surface area contributed by atoms with Crippen LogP contribution in [0.3, 0.4) is 0 Å². The molecule has 4 rings (SSSR count). The van der Waals surface area contributed by atoms with Crippen LogP contribution in [-0.4, -0.2) is 43.7 Å². The number of halogens is 2. The number of hydrogen-bond donors (Lipinski definition) is 2. The Labute approximate surface area is 195 Å². The zero-order chi connectivity index (χ0) is 20.3. The minimum absolute atomic E-state index is 0. The Morgan fingerprint density at radius 1 is 1.20 bits per heavy atom. The molecule has 0 radical (unpaired) electrons. The average Bonchev–Trinajstić information content (AvgIpc) is 3.53. The van der Waals surface area contributed by atoms with Crippen molar-refractivity contribution >= 4 is 35.8 Å². The minimum atomic E-state index is -0.105. The fourth-order valence-electron chi connectivity index (χ4n) is 4.12. The van der Waals surface area contributed by atoms with Crippen LogP contribution in [0.25, 0.3) is 0 Å². The van der Waals surface area contributed by atoms with Gasteiger partial charge in [-0.05, 0) is 55.9 Å². The molecule has 1 saturated heterocycles. The van der Waals surface area contributed by atoms with E-state index in [0.29, 0.717) is 12.6 Å². The van der Waals surface area contributed by atoms with Gasteiger partial charge < -0.3 is 15.5 Å². The first kappa shape index (κ1) is 22.8. The molecule has 2 fully saturated rings. The minimum Gasteiger partial charge on any atom is -0.356 e. The van der Waals surface area contributed by atoms with E-state index >= 15 is 0 Å². The maximum absolute atomic E-state index is 14.2. The van der Waals surface area contributed by atoms with Crippen molar-refractivity contribution in [3.05, 3.63) is 59.5 Å². The molecule has 0 amide bonds. The normalized spacial score (nSPS) is 18.5. The molecule has 0 spiro atoms. The molecule has 0 atom stereocenters. The van der Waals surface area contributed by atoms with E-state index in [9.17, 15) is 4.39 Å². The summed E-state index contributed by atoms with van der Waals surface area (Å²) in [5.74, 6) is 1.75. The summed E-state index contributed by atoms with van der Waals surface area (Å²) in [5.41, 5.74) is 1.91. The molecule has 7 heteroatoms. The molecule has 2 N–H and O–H groups in total. The number of pyridine rings is 1. The molecular formula is C23H31FIN5. The van der Waals surface area contributed by atoms with E-state index in [0.717, 1.165) is 56.1 Å². The SMILES string of the molecule is CN=C(NCC1(c2ccccc2F)CC1)NC1CCN(c2ccc(C)cn2)CC1.I. The number of piperidine rings is 1. The van der Waals surface area contributed by atoms with Gasteiger partial charge in [0.15, 0.2) is 5.96 Å². The maximum Gasteiger partial charge on any atom is 0.191 e. The number of nitrogens with one attached hydrogen (secondary N) is 2. The van der Waals surface area contributed by atoms with Gasteiger partial charge in [0.2, 0.25) is 0 Å². The summed E-state index contributed by atoms with van der Waals surface area (Å²) in [6.45, 7) is 4.72. The highest BCUT2D eigenvalue weighted by molar-refractivity contribution is 14.0. The third-order valence-corrected chi connectivity index (χ3v) is 6.17. The van der Waals surface area contributed by atoms with Gasteiger partial charge in [0.05, 0.1) is 0 Å². The monoisotopic (exact) mass is 523 g/mol. The largest absolute Gasteiger partial charge is 0.356 e. The standard InChI is InChI=1S/C23H30FN5.HI/c1-17-7-8-21(26-15-17)29-13-9-18(10-14-29)28-22(25-2)27-16-23(11-12-23)19-5-3-4-6-20(19)24;/h3-8,15,18H,9-14,16H2,1-2H3,(H2,25,27,28);1H. The molecule has 1 aromatic heterocycles. The molecule has 2 heterocycles. The molecule has 2 aliphatic rings. The predicted octanol–water partition coefficient (Wildman–Crippen LogP) is 4.01. The summed E-state index contributed by atoms with van der Waals surface area (Å²) in [4.78, 5) is 11.3. The van der Waals surface area contributed by atoms with Gasteiger partial charge in [-0.25, -0.2) is 9.37 Å². The van der Waals surface area contributed by atoms with Gasteiger partial charge >= 0.3 is 0 Å². The Kier molecular flexibility index (Phi) is 7.55. The molecule has 0 unspecified atom stereocenters. The Hall–Kier alpha value is -1.90. The molecule has 1 aliphatic carbocycles. The number of anilines is 1. The van der Waals surface area contributed by atoms with E-state index in [-0.39, 0.29) is 35.2 Å². The number of aliphatic imine (C=N–C) groups is 1. The first-order valence-corrected chi connectivity index (χ1v) is 10.5. The van der Waals surface area contributed by atoms with E-state index in [4.69, 9.17) is 0 Å². The van der Waals surface area contributed by atoms with Gasteiger partial charge in [-0.15, -0.1) is 24.0 Å². The number of nitrogens with zero attached hydrogens (tertiary/aromatic N) is 3. The van der Waals surface area contributed by atoms with Crippen LogP contribution >= 0.6 is 24.0 Å². The van der Waals surface area contributed by atoms with Crippen LogP contribution in [0.15, 0.2) is 47.6 Å². The quantitative estimate of drug-likeness (QED) is 0.354.